The van der Waals surface area contributed by atoms with E-state index in [9.17, 15) is 4.79 Å². The first-order chi connectivity index (χ1) is 9.41. The Morgan fingerprint density at radius 2 is 2.15 bits per heavy atom. The standard InChI is InChI=1S/C17H24O3/c1-11-5-15-14(16(11,2)3)7-12-6-13(18)8-17(12,15)9-20-10-19-4/h5-6,14-15H,7-10H2,1-4H3/t14-,15-,17+/m1/s1. The molecule has 3 rings (SSSR count). The third kappa shape index (κ3) is 1.76. The fraction of sp³-hybridized carbons (Fsp3) is 0.706. The van der Waals surface area contributed by atoms with Crippen LogP contribution in [0.15, 0.2) is 23.3 Å². The molecule has 0 radical (unpaired) electrons. The highest BCUT2D eigenvalue weighted by atomic mass is 16.7. The topological polar surface area (TPSA) is 35.5 Å². The van der Waals surface area contributed by atoms with Gasteiger partial charge in [-0.25, -0.2) is 0 Å². The number of carbonyl (C=O) groups excluding carboxylic acids is 1. The Morgan fingerprint density at radius 3 is 2.85 bits per heavy atom. The van der Waals surface area contributed by atoms with Crippen LogP contribution in [0.3, 0.4) is 0 Å². The van der Waals surface area contributed by atoms with Crippen LogP contribution in [0.25, 0.3) is 0 Å². The number of rotatable bonds is 4. The normalized spacial score (nSPS) is 37.7. The van der Waals surface area contributed by atoms with Crippen molar-refractivity contribution in [3.63, 3.8) is 0 Å². The number of ketones is 1. The second-order valence-electron chi connectivity index (χ2n) is 7.13. The van der Waals surface area contributed by atoms with E-state index in [4.69, 9.17) is 9.47 Å². The summed E-state index contributed by atoms with van der Waals surface area (Å²) in [4.78, 5) is 11.9. The Balaban J connectivity index is 1.94. The van der Waals surface area contributed by atoms with Crippen LogP contribution >= 0.6 is 0 Å². The van der Waals surface area contributed by atoms with Gasteiger partial charge in [-0.2, -0.15) is 0 Å². The molecule has 0 amide bonds. The van der Waals surface area contributed by atoms with E-state index >= 15 is 0 Å². The van der Waals surface area contributed by atoms with Crippen LogP contribution in [0.5, 0.6) is 0 Å². The molecule has 0 aliphatic heterocycles. The summed E-state index contributed by atoms with van der Waals surface area (Å²) in [5, 5.41) is 0. The van der Waals surface area contributed by atoms with Crippen molar-refractivity contribution in [3.05, 3.63) is 23.3 Å². The zero-order valence-electron chi connectivity index (χ0n) is 12.9. The molecule has 3 aliphatic rings. The molecule has 0 N–H and O–H groups in total. The molecule has 0 aromatic carbocycles. The highest BCUT2D eigenvalue weighted by Crippen LogP contribution is 2.65. The number of hydrogen-bond donors (Lipinski definition) is 0. The van der Waals surface area contributed by atoms with Crippen molar-refractivity contribution < 1.29 is 14.3 Å². The molecule has 3 aliphatic carbocycles. The molecule has 1 fully saturated rings. The summed E-state index contributed by atoms with van der Waals surface area (Å²) < 4.78 is 10.7. The van der Waals surface area contributed by atoms with Gasteiger partial charge in [-0.1, -0.05) is 31.1 Å². The zero-order chi connectivity index (χ0) is 14.5. The minimum Gasteiger partial charge on any atom is -0.359 e. The van der Waals surface area contributed by atoms with Crippen LogP contribution < -0.4 is 0 Å². The van der Waals surface area contributed by atoms with Gasteiger partial charge in [-0.05, 0) is 36.7 Å². The second kappa shape index (κ2) is 4.54. The summed E-state index contributed by atoms with van der Waals surface area (Å²) in [5.74, 6) is 1.30. The second-order valence-corrected chi connectivity index (χ2v) is 7.13. The van der Waals surface area contributed by atoms with Gasteiger partial charge < -0.3 is 9.47 Å². The maximum Gasteiger partial charge on any atom is 0.156 e. The van der Waals surface area contributed by atoms with Crippen molar-refractivity contribution in [3.8, 4) is 0 Å². The van der Waals surface area contributed by atoms with Gasteiger partial charge >= 0.3 is 0 Å². The number of hydrogen-bond acceptors (Lipinski definition) is 3. The lowest BCUT2D eigenvalue weighted by Crippen LogP contribution is -2.33. The quantitative estimate of drug-likeness (QED) is 0.449. The summed E-state index contributed by atoms with van der Waals surface area (Å²) >= 11 is 0. The van der Waals surface area contributed by atoms with E-state index in [0.29, 0.717) is 31.7 Å². The third-order valence-electron chi connectivity index (χ3n) is 5.91. The molecule has 0 spiro atoms. The van der Waals surface area contributed by atoms with Crippen molar-refractivity contribution in [2.45, 2.75) is 33.6 Å². The molecule has 0 unspecified atom stereocenters. The average Bonchev–Trinajstić information content (AvgIpc) is 2.90. The van der Waals surface area contributed by atoms with E-state index in [1.54, 1.807) is 7.11 Å². The largest absolute Gasteiger partial charge is 0.359 e. The Bertz CT molecular complexity index is 500. The molecule has 3 atom stereocenters. The summed E-state index contributed by atoms with van der Waals surface area (Å²) in [5.41, 5.74) is 2.89. The molecule has 3 heteroatoms. The molecule has 110 valence electrons. The first kappa shape index (κ1) is 14.0. The monoisotopic (exact) mass is 276 g/mol. The third-order valence-corrected chi connectivity index (χ3v) is 5.91. The minimum atomic E-state index is -0.102. The molecule has 1 saturated carbocycles. The first-order valence-corrected chi connectivity index (χ1v) is 7.41. The van der Waals surface area contributed by atoms with Crippen molar-refractivity contribution in [2.24, 2.45) is 22.7 Å². The van der Waals surface area contributed by atoms with Crippen LogP contribution in [0.2, 0.25) is 0 Å². The molecular formula is C17H24O3. The first-order valence-electron chi connectivity index (χ1n) is 7.41. The average molecular weight is 276 g/mol. The van der Waals surface area contributed by atoms with Crippen LogP contribution in [0.1, 0.15) is 33.6 Å². The highest BCUT2D eigenvalue weighted by molar-refractivity contribution is 5.95. The van der Waals surface area contributed by atoms with Gasteiger partial charge in [0, 0.05) is 18.9 Å². The molecule has 0 heterocycles. The van der Waals surface area contributed by atoms with Gasteiger partial charge in [0.25, 0.3) is 0 Å². The van der Waals surface area contributed by atoms with Crippen LogP contribution in [0, 0.1) is 22.7 Å². The van der Waals surface area contributed by atoms with Crippen molar-refractivity contribution >= 4 is 5.78 Å². The summed E-state index contributed by atoms with van der Waals surface area (Å²) in [6.07, 6.45) is 5.93. The van der Waals surface area contributed by atoms with Crippen LogP contribution in [0.4, 0.5) is 0 Å². The molecular weight excluding hydrogens is 252 g/mol. The van der Waals surface area contributed by atoms with E-state index in [-0.39, 0.29) is 16.6 Å². The van der Waals surface area contributed by atoms with Gasteiger partial charge in [0.05, 0.1) is 6.61 Å². The van der Waals surface area contributed by atoms with Crippen molar-refractivity contribution in [1.82, 2.24) is 0 Å². The lowest BCUT2D eigenvalue weighted by atomic mass is 9.71. The van der Waals surface area contributed by atoms with Gasteiger partial charge in [0.1, 0.15) is 6.79 Å². The zero-order valence-corrected chi connectivity index (χ0v) is 12.9. The maximum atomic E-state index is 11.9. The van der Waals surface area contributed by atoms with E-state index in [2.05, 4.69) is 26.8 Å². The van der Waals surface area contributed by atoms with Crippen molar-refractivity contribution in [1.29, 1.82) is 0 Å². The molecule has 0 aromatic rings. The van der Waals surface area contributed by atoms with Gasteiger partial charge in [-0.3, -0.25) is 4.79 Å². The Kier molecular flexibility index (Phi) is 3.18. The summed E-state index contributed by atoms with van der Waals surface area (Å²) in [7, 11) is 1.63. The van der Waals surface area contributed by atoms with E-state index in [1.807, 2.05) is 6.08 Å². The number of ether oxygens (including phenoxy) is 2. The maximum absolute atomic E-state index is 11.9. The van der Waals surface area contributed by atoms with E-state index in [1.165, 1.54) is 11.1 Å². The minimum absolute atomic E-state index is 0.102. The van der Waals surface area contributed by atoms with E-state index < -0.39 is 0 Å². The molecule has 20 heavy (non-hydrogen) atoms. The van der Waals surface area contributed by atoms with Crippen LogP contribution in [-0.2, 0) is 14.3 Å². The Morgan fingerprint density at radius 1 is 1.40 bits per heavy atom. The molecule has 0 saturated heterocycles. The highest BCUT2D eigenvalue weighted by Gasteiger charge is 2.60. The van der Waals surface area contributed by atoms with Gasteiger partial charge in [-0.15, -0.1) is 0 Å². The number of methoxy groups -OCH3 is 1. The van der Waals surface area contributed by atoms with Gasteiger partial charge in [0.2, 0.25) is 0 Å². The number of fused-ring (bicyclic) bond motifs is 3. The summed E-state index contributed by atoms with van der Waals surface area (Å²) in [6.45, 7) is 7.78. The molecule has 3 nitrogen and oxygen atoms in total. The SMILES string of the molecule is COCOC[C@@]12CC(=O)C=C1C[C@@H]1[C@H]2C=C(C)C1(C)C. The molecule has 0 bridgehead atoms. The van der Waals surface area contributed by atoms with E-state index in [0.717, 1.165) is 6.42 Å². The Labute approximate surface area is 121 Å². The smallest absolute Gasteiger partial charge is 0.156 e. The predicted molar refractivity (Wildman–Crippen MR) is 77.1 cm³/mol. The van der Waals surface area contributed by atoms with Crippen molar-refractivity contribution in [2.75, 3.05) is 20.5 Å². The predicted octanol–water partition coefficient (Wildman–Crippen LogP) is 3.11. The number of carbonyl (C=O) groups is 1. The lowest BCUT2D eigenvalue weighted by molar-refractivity contribution is -0.118. The van der Waals surface area contributed by atoms with Gasteiger partial charge in [0.15, 0.2) is 5.78 Å². The Hall–Kier alpha value is -0.930. The molecule has 0 aromatic heterocycles. The lowest BCUT2D eigenvalue weighted by Gasteiger charge is -2.34. The fourth-order valence-corrected chi connectivity index (χ4v) is 4.46. The fourth-order valence-electron chi connectivity index (χ4n) is 4.46. The summed E-state index contributed by atoms with van der Waals surface area (Å²) in [6, 6.07) is 0. The van der Waals surface area contributed by atoms with Crippen LogP contribution in [-0.4, -0.2) is 26.3 Å². The number of allylic oxidation sites excluding steroid dienone is 3.